The van der Waals surface area contributed by atoms with Crippen LogP contribution in [0, 0.1) is 11.3 Å². The molecule has 1 saturated heterocycles. The van der Waals surface area contributed by atoms with E-state index in [-0.39, 0.29) is 11.9 Å². The molecule has 1 atom stereocenters. The number of hydrogen-bond acceptors (Lipinski definition) is 3. The SMILES string of the molecule is CC(C)CN1N=C(Cl)C2(C=C1Cl)N(C1CC1)C(=O)C2(C)C. The van der Waals surface area contributed by atoms with E-state index in [4.69, 9.17) is 23.2 Å². The van der Waals surface area contributed by atoms with Crippen LogP contribution in [0.1, 0.15) is 40.5 Å². The summed E-state index contributed by atoms with van der Waals surface area (Å²) in [6.07, 6.45) is 4.00. The van der Waals surface area contributed by atoms with E-state index >= 15 is 0 Å². The first-order valence-electron chi connectivity index (χ1n) is 7.46. The van der Waals surface area contributed by atoms with Crippen LogP contribution in [0.5, 0.6) is 0 Å². The van der Waals surface area contributed by atoms with Crippen molar-refractivity contribution < 1.29 is 4.79 Å². The van der Waals surface area contributed by atoms with Crippen molar-refractivity contribution in [2.75, 3.05) is 6.54 Å². The van der Waals surface area contributed by atoms with Gasteiger partial charge in [-0.2, -0.15) is 5.10 Å². The molecule has 0 radical (unpaired) electrons. The normalized spacial score (nSPS) is 31.5. The van der Waals surface area contributed by atoms with Crippen LogP contribution >= 0.6 is 23.2 Å². The van der Waals surface area contributed by atoms with Gasteiger partial charge in [-0.1, -0.05) is 37.0 Å². The van der Waals surface area contributed by atoms with Gasteiger partial charge in [0.05, 0.1) is 5.41 Å². The van der Waals surface area contributed by atoms with Crippen LogP contribution in [0.3, 0.4) is 0 Å². The number of β-lactam (4-membered cyclic amide) rings is 1. The molecular weight excluding hydrogens is 309 g/mol. The Bertz CT molecular complexity index is 551. The Kier molecular flexibility index (Phi) is 3.34. The van der Waals surface area contributed by atoms with Crippen molar-refractivity contribution in [2.45, 2.75) is 52.1 Å². The predicted octanol–water partition coefficient (Wildman–Crippen LogP) is 3.36. The smallest absolute Gasteiger partial charge is 0.232 e. The van der Waals surface area contributed by atoms with Crippen LogP contribution in [0.4, 0.5) is 0 Å². The molecule has 2 heterocycles. The monoisotopic (exact) mass is 329 g/mol. The second-order valence-corrected chi connectivity index (χ2v) is 7.88. The summed E-state index contributed by atoms with van der Waals surface area (Å²) < 4.78 is 0. The molecule has 3 aliphatic rings. The third kappa shape index (κ3) is 1.95. The van der Waals surface area contributed by atoms with Gasteiger partial charge in [0.1, 0.15) is 10.7 Å². The standard InChI is InChI=1S/C15H21Cl2N3O/c1-9(2)8-19-11(16)7-15(12(17)18-19)14(3,4)13(21)20(15)10-5-6-10/h7,9-10H,5-6,8H2,1-4H3. The molecule has 1 unspecified atom stereocenters. The number of likely N-dealkylation sites (tertiary alicyclic amines) is 1. The van der Waals surface area contributed by atoms with Crippen molar-refractivity contribution in [2.24, 2.45) is 16.4 Å². The van der Waals surface area contributed by atoms with Crippen LogP contribution in [0.25, 0.3) is 0 Å². The fourth-order valence-corrected chi connectivity index (χ4v) is 4.01. The Morgan fingerprint density at radius 1 is 1.38 bits per heavy atom. The first-order chi connectivity index (χ1) is 9.71. The van der Waals surface area contributed by atoms with E-state index in [1.807, 2.05) is 24.8 Å². The lowest BCUT2D eigenvalue weighted by molar-refractivity contribution is -0.172. The van der Waals surface area contributed by atoms with Crippen LogP contribution in [0.2, 0.25) is 0 Å². The van der Waals surface area contributed by atoms with Gasteiger partial charge in [0.25, 0.3) is 0 Å². The van der Waals surface area contributed by atoms with Crippen molar-refractivity contribution in [1.82, 2.24) is 9.91 Å². The summed E-state index contributed by atoms with van der Waals surface area (Å²) in [6.45, 7) is 8.76. The fraction of sp³-hybridized carbons (Fsp3) is 0.733. The zero-order chi connectivity index (χ0) is 15.6. The van der Waals surface area contributed by atoms with Crippen LogP contribution in [-0.2, 0) is 4.79 Å². The molecule has 1 aliphatic carbocycles. The first-order valence-corrected chi connectivity index (χ1v) is 8.21. The minimum atomic E-state index is -0.669. The number of rotatable bonds is 3. The Morgan fingerprint density at radius 3 is 2.52 bits per heavy atom. The van der Waals surface area contributed by atoms with Gasteiger partial charge in [-0.15, -0.1) is 0 Å². The van der Waals surface area contributed by atoms with E-state index in [1.165, 1.54) is 0 Å². The number of nitrogens with zero attached hydrogens (tertiary/aromatic N) is 3. The zero-order valence-electron chi connectivity index (χ0n) is 12.9. The summed E-state index contributed by atoms with van der Waals surface area (Å²) in [5.74, 6) is 0.557. The highest BCUT2D eigenvalue weighted by molar-refractivity contribution is 6.69. The Labute approximate surface area is 135 Å². The molecule has 0 N–H and O–H groups in total. The van der Waals surface area contributed by atoms with E-state index in [2.05, 4.69) is 18.9 Å². The highest BCUT2D eigenvalue weighted by Crippen LogP contribution is 2.57. The minimum Gasteiger partial charge on any atom is -0.322 e. The second-order valence-electron chi connectivity index (χ2n) is 7.13. The van der Waals surface area contributed by atoms with Gasteiger partial charge in [-0.3, -0.25) is 9.80 Å². The Hall–Kier alpha value is -0.740. The topological polar surface area (TPSA) is 35.9 Å². The molecule has 0 aromatic carbocycles. The molecular formula is C15H21Cl2N3O. The van der Waals surface area contributed by atoms with Crippen molar-refractivity contribution >= 4 is 34.3 Å². The quantitative estimate of drug-likeness (QED) is 0.588. The van der Waals surface area contributed by atoms with E-state index in [0.717, 1.165) is 12.8 Å². The van der Waals surface area contributed by atoms with Gasteiger partial charge < -0.3 is 4.90 Å². The number of hydrogen-bond donors (Lipinski definition) is 0. The van der Waals surface area contributed by atoms with Gasteiger partial charge in [-0.05, 0) is 38.7 Å². The van der Waals surface area contributed by atoms with Crippen molar-refractivity contribution in [3.63, 3.8) is 0 Å². The molecule has 1 saturated carbocycles. The molecule has 3 rings (SSSR count). The molecule has 1 amide bonds. The van der Waals surface area contributed by atoms with E-state index in [0.29, 0.717) is 22.8 Å². The summed E-state index contributed by atoms with van der Waals surface area (Å²) in [4.78, 5) is 14.4. The van der Waals surface area contributed by atoms with E-state index < -0.39 is 11.0 Å². The van der Waals surface area contributed by atoms with Gasteiger partial charge in [-0.25, -0.2) is 0 Å². The van der Waals surface area contributed by atoms with Gasteiger partial charge in [0.2, 0.25) is 5.91 Å². The maximum atomic E-state index is 12.5. The summed E-state index contributed by atoms with van der Waals surface area (Å²) in [6, 6.07) is 0.284. The summed E-state index contributed by atoms with van der Waals surface area (Å²) in [7, 11) is 0. The zero-order valence-corrected chi connectivity index (χ0v) is 14.4. The summed E-state index contributed by atoms with van der Waals surface area (Å²) in [5.41, 5.74) is -1.27. The van der Waals surface area contributed by atoms with Crippen LogP contribution < -0.4 is 0 Å². The van der Waals surface area contributed by atoms with Crippen molar-refractivity contribution in [1.29, 1.82) is 0 Å². The van der Waals surface area contributed by atoms with Crippen molar-refractivity contribution in [3.8, 4) is 0 Å². The number of hydrazone groups is 1. The molecule has 1 spiro atoms. The molecule has 0 aromatic rings. The predicted molar refractivity (Wildman–Crippen MR) is 85.1 cm³/mol. The van der Waals surface area contributed by atoms with Gasteiger partial charge >= 0.3 is 0 Å². The number of carbonyl (C=O) groups is 1. The average molecular weight is 330 g/mol. The molecule has 21 heavy (non-hydrogen) atoms. The largest absolute Gasteiger partial charge is 0.322 e. The van der Waals surface area contributed by atoms with E-state index in [9.17, 15) is 4.79 Å². The molecule has 0 bridgehead atoms. The lowest BCUT2D eigenvalue weighted by Gasteiger charge is -2.62. The Morgan fingerprint density at radius 2 is 2.00 bits per heavy atom. The third-order valence-corrected chi connectivity index (χ3v) is 5.30. The maximum Gasteiger partial charge on any atom is 0.232 e. The molecule has 2 aliphatic heterocycles. The highest BCUT2D eigenvalue weighted by atomic mass is 35.5. The molecule has 2 fully saturated rings. The second kappa shape index (κ2) is 4.63. The third-order valence-electron chi connectivity index (χ3n) is 4.63. The van der Waals surface area contributed by atoms with Crippen LogP contribution in [0.15, 0.2) is 16.3 Å². The van der Waals surface area contributed by atoms with Gasteiger partial charge in [0.15, 0.2) is 5.17 Å². The minimum absolute atomic E-state index is 0.136. The summed E-state index contributed by atoms with van der Waals surface area (Å²) >= 11 is 13.0. The number of carbonyl (C=O) groups excluding carboxylic acids is 1. The number of amides is 1. The lowest BCUT2D eigenvalue weighted by Crippen LogP contribution is -2.78. The average Bonchev–Trinajstić information content (AvgIpc) is 3.18. The molecule has 0 aromatic heterocycles. The fourth-order valence-electron chi connectivity index (χ4n) is 3.28. The highest BCUT2D eigenvalue weighted by Gasteiger charge is 2.71. The Balaban J connectivity index is 1.99. The van der Waals surface area contributed by atoms with E-state index in [1.54, 1.807) is 5.01 Å². The number of halogens is 2. The molecule has 4 nitrogen and oxygen atoms in total. The summed E-state index contributed by atoms with van der Waals surface area (Å²) in [5, 5.41) is 7.22. The van der Waals surface area contributed by atoms with Gasteiger partial charge in [0, 0.05) is 12.6 Å². The maximum absolute atomic E-state index is 12.5. The van der Waals surface area contributed by atoms with Crippen molar-refractivity contribution in [3.05, 3.63) is 11.2 Å². The lowest BCUT2D eigenvalue weighted by atomic mass is 9.62. The van der Waals surface area contributed by atoms with Crippen LogP contribution in [-0.4, -0.2) is 39.1 Å². The molecule has 6 heteroatoms. The molecule has 116 valence electrons. The first kappa shape index (κ1) is 15.2.